The summed E-state index contributed by atoms with van der Waals surface area (Å²) >= 11 is 3.18. The molecule has 2 rings (SSSR count). The number of benzene rings is 1. The Morgan fingerprint density at radius 3 is 2.24 bits per heavy atom. The van der Waals surface area contributed by atoms with E-state index in [1.54, 1.807) is 29.3 Å². The predicted octanol–water partition coefficient (Wildman–Crippen LogP) is 2.97. The number of hydrogen-bond donors (Lipinski definition) is 0. The standard InChI is InChI=1S/C13H12BrNO2/c14-8-4-1-5-9-15-12(16)10-6-2-3-7-11(10)13(15)17/h2-4,6-8H,1,5,9H2/b8-4+. The van der Waals surface area contributed by atoms with Crippen LogP contribution in [0.1, 0.15) is 33.6 Å². The topological polar surface area (TPSA) is 37.4 Å². The first kappa shape index (κ1) is 12.0. The van der Waals surface area contributed by atoms with Crippen molar-refractivity contribution in [2.75, 3.05) is 6.54 Å². The molecule has 0 radical (unpaired) electrons. The minimum Gasteiger partial charge on any atom is -0.274 e. The number of carbonyl (C=O) groups excluding carboxylic acids is 2. The molecule has 0 atom stereocenters. The molecule has 0 N–H and O–H groups in total. The van der Waals surface area contributed by atoms with E-state index >= 15 is 0 Å². The summed E-state index contributed by atoms with van der Waals surface area (Å²) < 4.78 is 0. The SMILES string of the molecule is O=C1c2ccccc2C(=O)N1CCC/C=C/Br. The quantitative estimate of drug-likeness (QED) is 0.632. The van der Waals surface area contributed by atoms with Crippen molar-refractivity contribution >= 4 is 27.7 Å². The maximum Gasteiger partial charge on any atom is 0.261 e. The Kier molecular flexibility index (Phi) is 3.74. The van der Waals surface area contributed by atoms with Crippen LogP contribution in [0.4, 0.5) is 0 Å². The number of hydrogen-bond acceptors (Lipinski definition) is 2. The van der Waals surface area contributed by atoms with Gasteiger partial charge in [-0.1, -0.05) is 34.1 Å². The number of fused-ring (bicyclic) bond motifs is 1. The smallest absolute Gasteiger partial charge is 0.261 e. The molecule has 88 valence electrons. The third-order valence-electron chi connectivity index (χ3n) is 2.72. The van der Waals surface area contributed by atoms with Crippen LogP contribution in [0.15, 0.2) is 35.3 Å². The van der Waals surface area contributed by atoms with Gasteiger partial charge in [-0.3, -0.25) is 14.5 Å². The maximum atomic E-state index is 11.9. The van der Waals surface area contributed by atoms with Crippen molar-refractivity contribution in [2.24, 2.45) is 0 Å². The van der Waals surface area contributed by atoms with Crippen LogP contribution >= 0.6 is 15.9 Å². The number of nitrogens with zero attached hydrogens (tertiary/aromatic N) is 1. The molecule has 3 nitrogen and oxygen atoms in total. The predicted molar refractivity (Wildman–Crippen MR) is 69.1 cm³/mol. The number of unbranched alkanes of at least 4 members (excludes halogenated alkanes) is 1. The first-order valence-corrected chi connectivity index (χ1v) is 6.37. The lowest BCUT2D eigenvalue weighted by Crippen LogP contribution is -2.30. The number of allylic oxidation sites excluding steroid dienone is 1. The second kappa shape index (κ2) is 5.27. The Morgan fingerprint density at radius 2 is 1.71 bits per heavy atom. The van der Waals surface area contributed by atoms with Gasteiger partial charge < -0.3 is 0 Å². The molecular formula is C13H12BrNO2. The highest BCUT2D eigenvalue weighted by atomic mass is 79.9. The van der Waals surface area contributed by atoms with Gasteiger partial charge in [-0.2, -0.15) is 0 Å². The first-order chi connectivity index (χ1) is 8.25. The van der Waals surface area contributed by atoms with Crippen LogP contribution in [0, 0.1) is 0 Å². The number of imide groups is 1. The fourth-order valence-electron chi connectivity index (χ4n) is 1.87. The van der Waals surface area contributed by atoms with Crippen LogP contribution in [0.3, 0.4) is 0 Å². The van der Waals surface area contributed by atoms with Gasteiger partial charge in [0.05, 0.1) is 11.1 Å². The molecule has 1 aliphatic rings. The molecule has 0 saturated heterocycles. The Labute approximate surface area is 108 Å². The average Bonchev–Trinajstić information content (AvgIpc) is 2.60. The van der Waals surface area contributed by atoms with Gasteiger partial charge in [0, 0.05) is 6.54 Å². The van der Waals surface area contributed by atoms with Gasteiger partial charge >= 0.3 is 0 Å². The van der Waals surface area contributed by atoms with Crippen molar-refractivity contribution in [1.82, 2.24) is 4.90 Å². The van der Waals surface area contributed by atoms with Gasteiger partial charge in [-0.05, 0) is 30.0 Å². The van der Waals surface area contributed by atoms with E-state index in [9.17, 15) is 9.59 Å². The summed E-state index contributed by atoms with van der Waals surface area (Å²) in [5, 5.41) is 0. The molecule has 0 bridgehead atoms. The second-order valence-electron chi connectivity index (χ2n) is 3.81. The normalized spacial score (nSPS) is 14.8. The van der Waals surface area contributed by atoms with Crippen LogP contribution in [0.25, 0.3) is 0 Å². The Morgan fingerprint density at radius 1 is 1.12 bits per heavy atom. The van der Waals surface area contributed by atoms with Gasteiger partial charge in [0.2, 0.25) is 0 Å². The molecule has 0 spiro atoms. The first-order valence-electron chi connectivity index (χ1n) is 5.46. The molecule has 1 aromatic rings. The summed E-state index contributed by atoms with van der Waals surface area (Å²) in [4.78, 5) is 27.0. The molecule has 0 fully saturated rings. The average molecular weight is 294 g/mol. The highest BCUT2D eigenvalue weighted by Crippen LogP contribution is 2.22. The molecule has 0 aromatic heterocycles. The lowest BCUT2D eigenvalue weighted by Gasteiger charge is -2.12. The van der Waals surface area contributed by atoms with Crippen LogP contribution in [0.5, 0.6) is 0 Å². The molecule has 1 aliphatic heterocycles. The lowest BCUT2D eigenvalue weighted by molar-refractivity contribution is 0.0653. The molecule has 0 unspecified atom stereocenters. The monoisotopic (exact) mass is 293 g/mol. The van der Waals surface area contributed by atoms with Crippen molar-refractivity contribution in [3.63, 3.8) is 0 Å². The summed E-state index contributed by atoms with van der Waals surface area (Å²) in [5.41, 5.74) is 1.04. The fourth-order valence-corrected chi connectivity index (χ4v) is 2.14. The van der Waals surface area contributed by atoms with E-state index in [-0.39, 0.29) is 11.8 Å². The van der Waals surface area contributed by atoms with Gasteiger partial charge in [0.15, 0.2) is 0 Å². The van der Waals surface area contributed by atoms with E-state index in [0.717, 1.165) is 12.8 Å². The van der Waals surface area contributed by atoms with Crippen LogP contribution in [-0.4, -0.2) is 23.3 Å². The molecule has 2 amide bonds. The second-order valence-corrected chi connectivity index (χ2v) is 4.34. The van der Waals surface area contributed by atoms with Crippen molar-refractivity contribution in [3.05, 3.63) is 46.5 Å². The largest absolute Gasteiger partial charge is 0.274 e. The van der Waals surface area contributed by atoms with Crippen LogP contribution in [-0.2, 0) is 0 Å². The number of amides is 2. The van der Waals surface area contributed by atoms with E-state index in [0.29, 0.717) is 17.7 Å². The highest BCUT2D eigenvalue weighted by Gasteiger charge is 2.34. The summed E-state index contributed by atoms with van der Waals surface area (Å²) in [6.45, 7) is 0.476. The number of carbonyl (C=O) groups is 2. The zero-order valence-electron chi connectivity index (χ0n) is 9.23. The lowest BCUT2D eigenvalue weighted by atomic mass is 10.1. The molecule has 4 heteroatoms. The van der Waals surface area contributed by atoms with E-state index in [2.05, 4.69) is 15.9 Å². The van der Waals surface area contributed by atoms with E-state index in [4.69, 9.17) is 0 Å². The van der Waals surface area contributed by atoms with Crippen LogP contribution < -0.4 is 0 Å². The molecule has 0 aliphatic carbocycles. The Balaban J connectivity index is 2.08. The zero-order valence-corrected chi connectivity index (χ0v) is 10.8. The number of halogens is 1. The number of rotatable bonds is 4. The third-order valence-corrected chi connectivity index (χ3v) is 3.09. The van der Waals surface area contributed by atoms with Crippen molar-refractivity contribution in [3.8, 4) is 0 Å². The van der Waals surface area contributed by atoms with Crippen molar-refractivity contribution in [2.45, 2.75) is 12.8 Å². The molecule has 1 aromatic carbocycles. The fraction of sp³-hybridized carbons (Fsp3) is 0.231. The zero-order chi connectivity index (χ0) is 12.3. The van der Waals surface area contributed by atoms with Crippen molar-refractivity contribution < 1.29 is 9.59 Å². The van der Waals surface area contributed by atoms with Crippen molar-refractivity contribution in [1.29, 1.82) is 0 Å². The summed E-state index contributed by atoms with van der Waals surface area (Å²) in [7, 11) is 0. The van der Waals surface area contributed by atoms with Gasteiger partial charge in [-0.25, -0.2) is 0 Å². The minimum absolute atomic E-state index is 0.173. The van der Waals surface area contributed by atoms with Crippen LogP contribution in [0.2, 0.25) is 0 Å². The molecule has 1 heterocycles. The molecular weight excluding hydrogens is 282 g/mol. The van der Waals surface area contributed by atoms with Gasteiger partial charge in [0.1, 0.15) is 0 Å². The Bertz CT molecular complexity index is 447. The van der Waals surface area contributed by atoms with E-state index < -0.39 is 0 Å². The minimum atomic E-state index is -0.173. The Hall–Kier alpha value is -1.42. The summed E-state index contributed by atoms with van der Waals surface area (Å²) in [6.07, 6.45) is 3.59. The molecule has 17 heavy (non-hydrogen) atoms. The van der Waals surface area contributed by atoms with Gasteiger partial charge in [-0.15, -0.1) is 0 Å². The highest BCUT2D eigenvalue weighted by molar-refractivity contribution is 9.11. The summed E-state index contributed by atoms with van der Waals surface area (Å²) in [5.74, 6) is -0.346. The van der Waals surface area contributed by atoms with E-state index in [1.165, 1.54) is 4.90 Å². The molecule has 0 saturated carbocycles. The summed E-state index contributed by atoms with van der Waals surface area (Å²) in [6, 6.07) is 6.96. The van der Waals surface area contributed by atoms with Gasteiger partial charge in [0.25, 0.3) is 11.8 Å². The van der Waals surface area contributed by atoms with E-state index in [1.807, 2.05) is 6.08 Å². The third kappa shape index (κ3) is 2.31. The maximum absolute atomic E-state index is 11.9.